The molecule has 0 N–H and O–H groups in total. The van der Waals surface area contributed by atoms with Gasteiger partial charge in [0.1, 0.15) is 23.1 Å². The zero-order valence-electron chi connectivity index (χ0n) is 17.3. The topological polar surface area (TPSA) is 84.6 Å². The summed E-state index contributed by atoms with van der Waals surface area (Å²) < 4.78 is 43.0. The fourth-order valence-corrected chi connectivity index (χ4v) is 3.50. The Bertz CT molecular complexity index is 1260. The van der Waals surface area contributed by atoms with Crippen molar-refractivity contribution in [3.05, 3.63) is 61.7 Å². The molecule has 176 valence electrons. The van der Waals surface area contributed by atoms with Gasteiger partial charge in [0, 0.05) is 12.1 Å². The van der Waals surface area contributed by atoms with Crippen molar-refractivity contribution in [2.75, 3.05) is 7.11 Å². The maximum atomic E-state index is 13.2. The fourth-order valence-electron chi connectivity index (χ4n) is 2.79. The minimum absolute atomic E-state index is 0.0139. The van der Waals surface area contributed by atoms with Crippen LogP contribution in [0.25, 0.3) is 5.69 Å². The van der Waals surface area contributed by atoms with E-state index in [4.69, 9.17) is 44.3 Å². The van der Waals surface area contributed by atoms with E-state index in [9.17, 15) is 18.4 Å². The Hall–Kier alpha value is -2.82. The lowest BCUT2D eigenvalue weighted by molar-refractivity contribution is -0.147. The smallest absolute Gasteiger partial charge is 0.355 e. The molecule has 0 aliphatic carbocycles. The maximum absolute atomic E-state index is 13.2. The molecular weight excluding hydrogens is 507 g/mol. The third kappa shape index (κ3) is 5.23. The van der Waals surface area contributed by atoms with Crippen LogP contribution in [0.2, 0.25) is 15.1 Å². The summed E-state index contributed by atoms with van der Waals surface area (Å²) in [6, 6.07) is 6.94. The summed E-state index contributed by atoms with van der Waals surface area (Å²) in [7, 11) is 1.24. The van der Waals surface area contributed by atoms with Gasteiger partial charge in [-0.2, -0.15) is 13.5 Å². The number of carbonyl (C=O) groups excluding carboxylic acids is 1. The van der Waals surface area contributed by atoms with Crippen LogP contribution in [0.4, 0.5) is 8.78 Å². The van der Waals surface area contributed by atoms with Gasteiger partial charge in [-0.1, -0.05) is 34.8 Å². The molecular formula is C20H16Cl3F2N3O5. The van der Waals surface area contributed by atoms with Gasteiger partial charge in [-0.25, -0.2) is 14.2 Å². The van der Waals surface area contributed by atoms with Crippen molar-refractivity contribution < 1.29 is 27.8 Å². The van der Waals surface area contributed by atoms with Gasteiger partial charge < -0.3 is 14.2 Å². The molecule has 1 atom stereocenters. The van der Waals surface area contributed by atoms with E-state index in [0.29, 0.717) is 0 Å². The SMILES string of the molecule is COC(=O)C(C)Oc1ccc(Oc2cc(-n3nc(C)n(C(F)F)c3=O)c(Cl)cc2Cl)c(Cl)c1. The second-order valence-corrected chi connectivity index (χ2v) is 7.82. The van der Waals surface area contributed by atoms with Crippen LogP contribution in [0.1, 0.15) is 19.3 Å². The first-order valence-corrected chi connectivity index (χ1v) is 10.3. The Balaban J connectivity index is 1.94. The lowest BCUT2D eigenvalue weighted by Gasteiger charge is -2.15. The van der Waals surface area contributed by atoms with Crippen molar-refractivity contribution >= 4 is 40.8 Å². The van der Waals surface area contributed by atoms with Crippen LogP contribution in [0.5, 0.6) is 17.2 Å². The quantitative estimate of drug-likeness (QED) is 0.385. The van der Waals surface area contributed by atoms with E-state index < -0.39 is 24.3 Å². The highest BCUT2D eigenvalue weighted by atomic mass is 35.5. The summed E-state index contributed by atoms with van der Waals surface area (Å²) in [5, 5.41) is 4.01. The van der Waals surface area contributed by atoms with Gasteiger partial charge in [-0.15, -0.1) is 5.10 Å². The number of aryl methyl sites for hydroxylation is 1. The molecule has 33 heavy (non-hydrogen) atoms. The number of hydrogen-bond acceptors (Lipinski definition) is 6. The normalized spacial score (nSPS) is 12.0. The van der Waals surface area contributed by atoms with Crippen LogP contribution in [-0.2, 0) is 9.53 Å². The molecule has 2 aromatic carbocycles. The standard InChI is InChI=1S/C20H16Cl3F2N3O5/c1-9(18(29)31-3)32-11-4-5-16(13(22)6-11)33-17-8-15(12(21)7-14(17)23)28-20(30)27(19(24)25)10(2)26-28/h4-9,19H,1-3H3. The fraction of sp³-hybridized carbons (Fsp3) is 0.250. The minimum atomic E-state index is -3.07. The molecule has 1 heterocycles. The van der Waals surface area contributed by atoms with Gasteiger partial charge in [-0.3, -0.25) is 0 Å². The van der Waals surface area contributed by atoms with Crippen molar-refractivity contribution in [2.24, 2.45) is 0 Å². The second-order valence-electron chi connectivity index (χ2n) is 6.60. The number of rotatable bonds is 7. The molecule has 0 bridgehead atoms. The molecule has 0 saturated heterocycles. The van der Waals surface area contributed by atoms with Gasteiger partial charge in [0.25, 0.3) is 0 Å². The number of halogens is 5. The Morgan fingerprint density at radius 3 is 2.30 bits per heavy atom. The molecule has 13 heteroatoms. The summed E-state index contributed by atoms with van der Waals surface area (Å²) in [6.07, 6.45) is -0.860. The largest absolute Gasteiger partial charge is 0.479 e. The van der Waals surface area contributed by atoms with Crippen LogP contribution in [-0.4, -0.2) is 33.5 Å². The number of ether oxygens (including phenoxy) is 3. The predicted octanol–water partition coefficient (Wildman–Crippen LogP) is 5.43. The number of esters is 1. The maximum Gasteiger partial charge on any atom is 0.355 e. The first-order valence-electron chi connectivity index (χ1n) is 9.21. The van der Waals surface area contributed by atoms with E-state index in [1.165, 1.54) is 51.3 Å². The number of alkyl halides is 2. The van der Waals surface area contributed by atoms with Crippen molar-refractivity contribution in [1.82, 2.24) is 14.3 Å². The van der Waals surface area contributed by atoms with Crippen molar-refractivity contribution in [3.63, 3.8) is 0 Å². The Morgan fingerprint density at radius 2 is 1.73 bits per heavy atom. The minimum Gasteiger partial charge on any atom is -0.479 e. The molecule has 8 nitrogen and oxygen atoms in total. The highest BCUT2D eigenvalue weighted by molar-refractivity contribution is 6.36. The van der Waals surface area contributed by atoms with E-state index in [0.717, 1.165) is 4.68 Å². The predicted molar refractivity (Wildman–Crippen MR) is 117 cm³/mol. The van der Waals surface area contributed by atoms with Crippen molar-refractivity contribution in [3.8, 4) is 22.9 Å². The molecule has 3 aromatic rings. The van der Waals surface area contributed by atoms with Gasteiger partial charge in [0.15, 0.2) is 6.10 Å². The Labute approximate surface area is 201 Å². The van der Waals surface area contributed by atoms with E-state index in [1.54, 1.807) is 0 Å². The van der Waals surface area contributed by atoms with E-state index in [2.05, 4.69) is 9.84 Å². The van der Waals surface area contributed by atoms with Crippen molar-refractivity contribution in [1.29, 1.82) is 0 Å². The Morgan fingerprint density at radius 1 is 1.06 bits per heavy atom. The van der Waals surface area contributed by atoms with Gasteiger partial charge >= 0.3 is 18.2 Å². The number of benzene rings is 2. The average molecular weight is 523 g/mol. The van der Waals surface area contributed by atoms with Gasteiger partial charge in [-0.05, 0) is 32.0 Å². The van der Waals surface area contributed by atoms with Crippen LogP contribution in [0, 0.1) is 6.92 Å². The molecule has 1 unspecified atom stereocenters. The average Bonchev–Trinajstić information content (AvgIpc) is 3.04. The third-order valence-electron chi connectivity index (χ3n) is 4.37. The van der Waals surface area contributed by atoms with E-state index in [1.807, 2.05) is 0 Å². The van der Waals surface area contributed by atoms with Crippen molar-refractivity contribution in [2.45, 2.75) is 26.5 Å². The van der Waals surface area contributed by atoms with Crippen LogP contribution < -0.4 is 15.2 Å². The molecule has 0 aliphatic rings. The molecule has 0 saturated carbocycles. The molecule has 0 fully saturated rings. The number of aromatic nitrogens is 3. The first kappa shape index (κ1) is 24.8. The Kier molecular flexibility index (Phi) is 7.51. The molecule has 1 aromatic heterocycles. The first-order chi connectivity index (χ1) is 15.5. The number of hydrogen-bond donors (Lipinski definition) is 0. The highest BCUT2D eigenvalue weighted by Gasteiger charge is 2.22. The molecule has 3 rings (SSSR count). The lowest BCUT2D eigenvalue weighted by atomic mass is 10.3. The second kappa shape index (κ2) is 9.98. The summed E-state index contributed by atoms with van der Waals surface area (Å²) in [4.78, 5) is 23.9. The summed E-state index contributed by atoms with van der Waals surface area (Å²) in [6.45, 7) is -0.303. The summed E-state index contributed by atoms with van der Waals surface area (Å²) in [5.41, 5.74) is -1.11. The third-order valence-corrected chi connectivity index (χ3v) is 5.27. The zero-order valence-corrected chi connectivity index (χ0v) is 19.6. The number of carbonyl (C=O) groups is 1. The van der Waals surface area contributed by atoms with Gasteiger partial charge in [0.05, 0.1) is 27.9 Å². The highest BCUT2D eigenvalue weighted by Crippen LogP contribution is 2.38. The summed E-state index contributed by atoms with van der Waals surface area (Å²) >= 11 is 18.6. The van der Waals surface area contributed by atoms with Gasteiger partial charge in [0.2, 0.25) is 0 Å². The van der Waals surface area contributed by atoms with Crippen LogP contribution in [0.3, 0.4) is 0 Å². The number of nitrogens with zero attached hydrogens (tertiary/aromatic N) is 3. The lowest BCUT2D eigenvalue weighted by Crippen LogP contribution is -2.25. The van der Waals surface area contributed by atoms with E-state index >= 15 is 0 Å². The molecule has 0 spiro atoms. The molecule has 0 amide bonds. The van der Waals surface area contributed by atoms with Crippen LogP contribution >= 0.6 is 34.8 Å². The number of methoxy groups -OCH3 is 1. The zero-order chi connectivity index (χ0) is 24.4. The molecule has 0 aliphatic heterocycles. The molecule has 0 radical (unpaired) electrons. The van der Waals surface area contributed by atoms with E-state index in [-0.39, 0.29) is 48.4 Å². The monoisotopic (exact) mass is 521 g/mol. The van der Waals surface area contributed by atoms with Crippen LogP contribution in [0.15, 0.2) is 35.1 Å². The summed E-state index contributed by atoms with van der Waals surface area (Å²) in [5.74, 6) is -0.292.